The lowest BCUT2D eigenvalue weighted by Gasteiger charge is -2.10. The van der Waals surface area contributed by atoms with Crippen molar-refractivity contribution in [1.29, 1.82) is 0 Å². The van der Waals surface area contributed by atoms with Gasteiger partial charge >= 0.3 is 5.97 Å². The van der Waals surface area contributed by atoms with E-state index in [-0.39, 0.29) is 22.2 Å². The molecule has 0 bridgehead atoms. The van der Waals surface area contributed by atoms with Crippen LogP contribution in [0.2, 0.25) is 0 Å². The molecule has 0 spiro atoms. The van der Waals surface area contributed by atoms with Crippen LogP contribution in [0.5, 0.6) is 0 Å². The van der Waals surface area contributed by atoms with Gasteiger partial charge < -0.3 is 9.52 Å². The normalized spacial score (nSPS) is 11.2. The zero-order chi connectivity index (χ0) is 17.7. The largest absolute Gasteiger partial charge is 0.476 e. The Morgan fingerprint density at radius 1 is 1.12 bits per heavy atom. The highest BCUT2D eigenvalue weighted by Crippen LogP contribution is 2.30. The molecule has 0 unspecified atom stereocenters. The van der Waals surface area contributed by atoms with Gasteiger partial charge in [-0.2, -0.15) is 0 Å². The fraction of sp³-hybridized carbons (Fsp3) is 0.0556. The number of benzene rings is 2. The summed E-state index contributed by atoms with van der Waals surface area (Å²) in [6.07, 6.45) is 0. The minimum Gasteiger partial charge on any atom is -0.476 e. The number of carboxylic acids is 1. The van der Waals surface area contributed by atoms with Crippen molar-refractivity contribution in [2.45, 2.75) is 6.92 Å². The van der Waals surface area contributed by atoms with E-state index < -0.39 is 22.9 Å². The van der Waals surface area contributed by atoms with Crippen LogP contribution in [0.15, 0.2) is 45.6 Å². The molecule has 0 atom stereocenters. The Morgan fingerprint density at radius 2 is 1.88 bits per heavy atom. The van der Waals surface area contributed by atoms with Gasteiger partial charge in [-0.05, 0) is 25.1 Å². The third-order valence-electron chi connectivity index (χ3n) is 3.91. The molecule has 0 fully saturated rings. The summed E-state index contributed by atoms with van der Waals surface area (Å²) in [4.78, 5) is 43.9. The molecule has 0 saturated carbocycles. The standard InChI is InChI=1S/C18H10N2O5/c1-8(21)9-6-10-15(20-17(9)18(23)24)12(22)7-14-16(10)19-11-4-2-3-5-13(11)25-14/h2-7H,1H3,(H,23,24). The van der Waals surface area contributed by atoms with E-state index in [1.807, 2.05) is 0 Å². The first-order chi connectivity index (χ1) is 12.0. The van der Waals surface area contributed by atoms with Crippen LogP contribution in [0.1, 0.15) is 27.8 Å². The van der Waals surface area contributed by atoms with Crippen molar-refractivity contribution in [1.82, 2.24) is 9.97 Å². The fourth-order valence-electron chi connectivity index (χ4n) is 2.77. The Kier molecular flexibility index (Phi) is 3.11. The first-order valence-corrected chi connectivity index (χ1v) is 7.37. The average molecular weight is 334 g/mol. The van der Waals surface area contributed by atoms with Crippen molar-refractivity contribution in [2.75, 3.05) is 0 Å². The number of aromatic nitrogens is 2. The Balaban J connectivity index is 2.22. The summed E-state index contributed by atoms with van der Waals surface area (Å²) in [6.45, 7) is 1.24. The predicted molar refractivity (Wildman–Crippen MR) is 89.2 cm³/mol. The molecule has 1 aliphatic carbocycles. The molecule has 1 aliphatic heterocycles. The molecule has 1 aromatic carbocycles. The summed E-state index contributed by atoms with van der Waals surface area (Å²) in [5.41, 5.74) is 0.336. The number of hydrogen-bond acceptors (Lipinski definition) is 6. The average Bonchev–Trinajstić information content (AvgIpc) is 2.59. The Labute approximate surface area is 139 Å². The van der Waals surface area contributed by atoms with E-state index in [1.54, 1.807) is 24.3 Å². The van der Waals surface area contributed by atoms with Crippen LogP contribution >= 0.6 is 0 Å². The second kappa shape index (κ2) is 5.20. The quantitative estimate of drug-likeness (QED) is 0.341. The SMILES string of the molecule is CC(=O)c1cc2c3nc4ccccc4oc-3cc(=O)c2nc1C(=O)O. The summed E-state index contributed by atoms with van der Waals surface area (Å²) < 4.78 is 5.72. The fourth-order valence-corrected chi connectivity index (χ4v) is 2.77. The van der Waals surface area contributed by atoms with Gasteiger partial charge in [0, 0.05) is 11.5 Å². The molecule has 25 heavy (non-hydrogen) atoms. The molecule has 0 radical (unpaired) electrons. The summed E-state index contributed by atoms with van der Waals surface area (Å²) in [5.74, 6) is -1.59. The number of carbonyl (C=O) groups excluding carboxylic acids is 1. The first kappa shape index (κ1) is 14.9. The molecular weight excluding hydrogens is 324 g/mol. The lowest BCUT2D eigenvalue weighted by Crippen LogP contribution is -2.14. The van der Waals surface area contributed by atoms with Crippen molar-refractivity contribution < 1.29 is 19.1 Å². The summed E-state index contributed by atoms with van der Waals surface area (Å²) >= 11 is 0. The molecule has 1 N–H and O–H groups in total. The maximum absolute atomic E-state index is 12.4. The van der Waals surface area contributed by atoms with Gasteiger partial charge in [0.25, 0.3) is 0 Å². The Bertz CT molecular complexity index is 1230. The van der Waals surface area contributed by atoms with Crippen LogP contribution in [0.25, 0.3) is 33.5 Å². The minimum absolute atomic E-state index is 0.0621. The highest BCUT2D eigenvalue weighted by molar-refractivity contribution is 6.08. The van der Waals surface area contributed by atoms with Crippen LogP contribution in [-0.2, 0) is 0 Å². The predicted octanol–water partition coefficient (Wildman–Crippen LogP) is 2.74. The molecule has 7 nitrogen and oxygen atoms in total. The molecular formula is C18H10N2O5. The zero-order valence-electron chi connectivity index (χ0n) is 12.9. The van der Waals surface area contributed by atoms with E-state index >= 15 is 0 Å². The topological polar surface area (TPSA) is 110 Å². The van der Waals surface area contributed by atoms with Gasteiger partial charge in [-0.15, -0.1) is 0 Å². The van der Waals surface area contributed by atoms with Crippen molar-refractivity contribution in [3.8, 4) is 11.5 Å². The number of carboxylic acid groups (broad SMARTS) is 1. The van der Waals surface area contributed by atoms with Gasteiger partial charge in [0.05, 0.1) is 5.56 Å². The Hall–Kier alpha value is -3.61. The maximum Gasteiger partial charge on any atom is 0.355 e. The molecule has 2 aromatic rings. The van der Waals surface area contributed by atoms with Crippen molar-refractivity contribution in [3.63, 3.8) is 0 Å². The van der Waals surface area contributed by atoms with Crippen molar-refractivity contribution in [3.05, 3.63) is 57.9 Å². The molecule has 122 valence electrons. The van der Waals surface area contributed by atoms with Gasteiger partial charge in [-0.1, -0.05) is 12.1 Å². The number of carbonyl (C=O) groups is 2. The van der Waals surface area contributed by atoms with Crippen LogP contribution in [-0.4, -0.2) is 26.8 Å². The monoisotopic (exact) mass is 334 g/mol. The third kappa shape index (κ3) is 2.25. The first-order valence-electron chi connectivity index (χ1n) is 7.37. The molecule has 2 aliphatic rings. The van der Waals surface area contributed by atoms with Crippen LogP contribution in [0, 0.1) is 0 Å². The van der Waals surface area contributed by atoms with E-state index in [0.717, 1.165) is 0 Å². The molecule has 7 heteroatoms. The van der Waals surface area contributed by atoms with Crippen LogP contribution in [0.3, 0.4) is 0 Å². The number of rotatable bonds is 2. The van der Waals surface area contributed by atoms with E-state index in [9.17, 15) is 19.5 Å². The highest BCUT2D eigenvalue weighted by Gasteiger charge is 2.22. The number of pyridine rings is 1. The molecule has 1 aromatic heterocycles. The maximum atomic E-state index is 12.4. The summed E-state index contributed by atoms with van der Waals surface area (Å²) in [5, 5.41) is 9.55. The number of fused-ring (bicyclic) bond motifs is 4. The van der Waals surface area contributed by atoms with Gasteiger partial charge in [-0.3, -0.25) is 9.59 Å². The van der Waals surface area contributed by atoms with Crippen molar-refractivity contribution >= 4 is 33.8 Å². The van der Waals surface area contributed by atoms with E-state index in [4.69, 9.17) is 4.42 Å². The van der Waals surface area contributed by atoms with Crippen LogP contribution < -0.4 is 5.43 Å². The zero-order valence-corrected chi connectivity index (χ0v) is 12.9. The van der Waals surface area contributed by atoms with Crippen LogP contribution in [0.4, 0.5) is 0 Å². The third-order valence-corrected chi connectivity index (χ3v) is 3.91. The summed E-state index contributed by atoms with van der Waals surface area (Å²) in [7, 11) is 0. The molecule has 4 rings (SSSR count). The van der Waals surface area contributed by atoms with E-state index in [0.29, 0.717) is 16.8 Å². The second-order valence-corrected chi connectivity index (χ2v) is 5.55. The number of aromatic carboxylic acids is 1. The van der Waals surface area contributed by atoms with E-state index in [1.165, 1.54) is 19.1 Å². The smallest absolute Gasteiger partial charge is 0.355 e. The highest BCUT2D eigenvalue weighted by atomic mass is 16.4. The summed E-state index contributed by atoms with van der Waals surface area (Å²) in [6, 6.07) is 9.62. The van der Waals surface area contributed by atoms with Gasteiger partial charge in [-0.25, -0.2) is 14.8 Å². The molecule has 0 amide bonds. The van der Waals surface area contributed by atoms with Gasteiger partial charge in [0.2, 0.25) is 5.43 Å². The minimum atomic E-state index is -1.37. The van der Waals surface area contributed by atoms with Crippen molar-refractivity contribution in [2.24, 2.45) is 0 Å². The van der Waals surface area contributed by atoms with E-state index in [2.05, 4.69) is 9.97 Å². The van der Waals surface area contributed by atoms with Gasteiger partial charge in [0.15, 0.2) is 22.8 Å². The second-order valence-electron chi connectivity index (χ2n) is 5.55. The number of para-hydroxylation sites is 2. The molecule has 2 heterocycles. The Morgan fingerprint density at radius 3 is 2.60 bits per heavy atom. The lowest BCUT2D eigenvalue weighted by atomic mass is 10.0. The number of hydrogen-bond donors (Lipinski definition) is 1. The molecule has 0 saturated heterocycles. The number of ketones is 1. The number of Topliss-reactive ketones (excluding diaryl/α,β-unsaturated/α-hetero) is 1. The van der Waals surface area contributed by atoms with Gasteiger partial charge in [0.1, 0.15) is 16.7 Å². The lowest BCUT2D eigenvalue weighted by molar-refractivity contribution is 0.0686. The number of nitrogens with zero attached hydrogens (tertiary/aromatic N) is 2.